The number of nitrogens with zero attached hydrogens (tertiary/aromatic N) is 1. The van der Waals surface area contributed by atoms with Gasteiger partial charge in [-0.3, -0.25) is 4.79 Å². The van der Waals surface area contributed by atoms with Crippen molar-refractivity contribution in [3.05, 3.63) is 69.9 Å². The summed E-state index contributed by atoms with van der Waals surface area (Å²) in [6.45, 7) is 2.09. The standard InChI is InChI=1S/C21H17ClF2N2O4/c1-2-30-20-13-5-3-4-12(17(13)14(22)10-26-20)19(27)18-15(23)8-11(9-16(18)24)6-7-25-21(28)29/h3-5,8-10,25H,2,6-7H2,1H3,(H,28,29). The highest BCUT2D eigenvalue weighted by Gasteiger charge is 2.24. The Kier molecular flexibility index (Phi) is 6.47. The molecule has 2 N–H and O–H groups in total. The predicted octanol–water partition coefficient (Wildman–Crippen LogP) is 4.61. The summed E-state index contributed by atoms with van der Waals surface area (Å²) in [5, 5.41) is 11.6. The number of hydrogen-bond donors (Lipinski definition) is 2. The molecule has 0 unspecified atom stereocenters. The van der Waals surface area contributed by atoms with Crippen molar-refractivity contribution >= 4 is 34.2 Å². The molecule has 0 spiro atoms. The molecule has 156 valence electrons. The molecular formula is C21H17ClF2N2O4. The summed E-state index contributed by atoms with van der Waals surface area (Å²) in [6.07, 6.45) is 0.145. The molecule has 0 aliphatic rings. The van der Waals surface area contributed by atoms with Gasteiger partial charge in [0, 0.05) is 22.9 Å². The van der Waals surface area contributed by atoms with Crippen LogP contribution in [0.15, 0.2) is 36.5 Å². The Morgan fingerprint density at radius 2 is 1.93 bits per heavy atom. The van der Waals surface area contributed by atoms with E-state index in [2.05, 4.69) is 10.3 Å². The number of carbonyl (C=O) groups is 2. The zero-order chi connectivity index (χ0) is 21.8. The quantitative estimate of drug-likeness (QED) is 0.530. The summed E-state index contributed by atoms with van der Waals surface area (Å²) < 4.78 is 34.8. The van der Waals surface area contributed by atoms with Crippen LogP contribution in [0.3, 0.4) is 0 Å². The molecule has 1 aromatic heterocycles. The molecule has 0 saturated carbocycles. The highest BCUT2D eigenvalue weighted by atomic mass is 35.5. The topological polar surface area (TPSA) is 88.5 Å². The molecule has 1 heterocycles. The molecule has 6 nitrogen and oxygen atoms in total. The van der Waals surface area contributed by atoms with Gasteiger partial charge in [0.05, 0.1) is 23.4 Å². The van der Waals surface area contributed by atoms with Gasteiger partial charge in [-0.2, -0.15) is 0 Å². The number of pyridine rings is 1. The molecule has 0 fully saturated rings. The molecule has 9 heteroatoms. The molecule has 0 radical (unpaired) electrons. The lowest BCUT2D eigenvalue weighted by Gasteiger charge is -2.12. The van der Waals surface area contributed by atoms with Crippen LogP contribution in [0.5, 0.6) is 5.88 Å². The Bertz CT molecular complexity index is 1110. The smallest absolute Gasteiger partial charge is 0.404 e. The third kappa shape index (κ3) is 4.33. The molecule has 0 aliphatic heterocycles. The Hall–Kier alpha value is -3.26. The van der Waals surface area contributed by atoms with Crippen LogP contribution in [0.2, 0.25) is 5.02 Å². The van der Waals surface area contributed by atoms with Crippen molar-refractivity contribution in [3.8, 4) is 5.88 Å². The molecule has 0 saturated heterocycles. The van der Waals surface area contributed by atoms with E-state index in [4.69, 9.17) is 21.4 Å². The lowest BCUT2D eigenvalue weighted by atomic mass is 9.96. The molecule has 3 aromatic rings. The van der Waals surface area contributed by atoms with Crippen molar-refractivity contribution in [1.82, 2.24) is 10.3 Å². The van der Waals surface area contributed by atoms with E-state index in [9.17, 15) is 18.4 Å². The number of aromatic nitrogens is 1. The van der Waals surface area contributed by atoms with E-state index in [1.165, 1.54) is 12.3 Å². The molecule has 30 heavy (non-hydrogen) atoms. The number of ether oxygens (including phenoxy) is 1. The SMILES string of the molecule is CCOc1ncc(Cl)c2c(C(=O)c3c(F)cc(CCNC(=O)O)cc3F)cccc12. The van der Waals surface area contributed by atoms with Crippen molar-refractivity contribution in [2.24, 2.45) is 0 Å². The fraction of sp³-hybridized carbons (Fsp3) is 0.190. The zero-order valence-electron chi connectivity index (χ0n) is 15.8. The van der Waals surface area contributed by atoms with Gasteiger partial charge in [0.2, 0.25) is 5.88 Å². The first-order chi connectivity index (χ1) is 14.3. The Morgan fingerprint density at radius 3 is 2.57 bits per heavy atom. The number of ketones is 1. The number of benzene rings is 2. The largest absolute Gasteiger partial charge is 0.478 e. The maximum absolute atomic E-state index is 14.7. The second-order valence-corrected chi connectivity index (χ2v) is 6.73. The first-order valence-electron chi connectivity index (χ1n) is 9.03. The monoisotopic (exact) mass is 434 g/mol. The van der Waals surface area contributed by atoms with Crippen LogP contribution in [0.4, 0.5) is 13.6 Å². The minimum absolute atomic E-state index is 0.0129. The van der Waals surface area contributed by atoms with Crippen molar-refractivity contribution in [2.75, 3.05) is 13.2 Å². The van der Waals surface area contributed by atoms with Crippen LogP contribution in [0.25, 0.3) is 10.8 Å². The van der Waals surface area contributed by atoms with Crippen molar-refractivity contribution in [2.45, 2.75) is 13.3 Å². The number of carboxylic acid groups (broad SMARTS) is 1. The average Bonchev–Trinajstić information content (AvgIpc) is 2.69. The van der Waals surface area contributed by atoms with E-state index in [0.717, 1.165) is 12.1 Å². The van der Waals surface area contributed by atoms with Crippen LogP contribution in [0.1, 0.15) is 28.4 Å². The lowest BCUT2D eigenvalue weighted by Crippen LogP contribution is -2.23. The summed E-state index contributed by atoms with van der Waals surface area (Å²) in [5.74, 6) is -2.70. The molecule has 2 aromatic carbocycles. The first-order valence-corrected chi connectivity index (χ1v) is 9.40. The predicted molar refractivity (Wildman–Crippen MR) is 107 cm³/mol. The van der Waals surface area contributed by atoms with E-state index in [-0.39, 0.29) is 40.4 Å². The van der Waals surface area contributed by atoms with Gasteiger partial charge in [-0.05, 0) is 37.1 Å². The Morgan fingerprint density at radius 1 is 1.23 bits per heavy atom. The van der Waals surface area contributed by atoms with Crippen LogP contribution >= 0.6 is 11.6 Å². The molecule has 0 atom stereocenters. The van der Waals surface area contributed by atoms with Crippen LogP contribution in [-0.2, 0) is 6.42 Å². The Balaban J connectivity index is 2.04. The van der Waals surface area contributed by atoms with Crippen LogP contribution in [-0.4, -0.2) is 35.1 Å². The molecule has 3 rings (SSSR count). The summed E-state index contributed by atoms with van der Waals surface area (Å²) in [4.78, 5) is 27.6. The number of halogens is 3. The summed E-state index contributed by atoms with van der Waals surface area (Å²) in [7, 11) is 0. The van der Waals surface area contributed by atoms with E-state index >= 15 is 0 Å². The van der Waals surface area contributed by atoms with Gasteiger partial charge in [0.25, 0.3) is 0 Å². The minimum Gasteiger partial charge on any atom is -0.478 e. The minimum atomic E-state index is -1.24. The fourth-order valence-electron chi connectivity index (χ4n) is 3.11. The molecule has 1 amide bonds. The summed E-state index contributed by atoms with van der Waals surface area (Å²) in [6, 6.07) is 6.66. The maximum atomic E-state index is 14.7. The van der Waals surface area contributed by atoms with Gasteiger partial charge in [0.15, 0.2) is 5.78 Å². The van der Waals surface area contributed by atoms with Gasteiger partial charge in [-0.15, -0.1) is 0 Å². The second kappa shape index (κ2) is 9.04. The van der Waals surface area contributed by atoms with Gasteiger partial charge < -0.3 is 15.2 Å². The van der Waals surface area contributed by atoms with E-state index in [1.807, 2.05) is 0 Å². The number of carbonyl (C=O) groups excluding carboxylic acids is 1. The highest BCUT2D eigenvalue weighted by molar-refractivity contribution is 6.37. The number of rotatable bonds is 7. The van der Waals surface area contributed by atoms with Gasteiger partial charge in [-0.25, -0.2) is 18.6 Å². The van der Waals surface area contributed by atoms with Gasteiger partial charge in [0.1, 0.15) is 11.6 Å². The number of fused-ring (bicyclic) bond motifs is 1. The van der Waals surface area contributed by atoms with Crippen LogP contribution in [0, 0.1) is 11.6 Å². The van der Waals surface area contributed by atoms with E-state index in [1.54, 1.807) is 19.1 Å². The highest BCUT2D eigenvalue weighted by Crippen LogP contribution is 2.34. The number of amides is 1. The summed E-state index contributed by atoms with van der Waals surface area (Å²) in [5.41, 5.74) is -0.490. The Labute approximate surface area is 175 Å². The third-order valence-electron chi connectivity index (χ3n) is 4.37. The number of hydrogen-bond acceptors (Lipinski definition) is 4. The van der Waals surface area contributed by atoms with Crippen molar-refractivity contribution < 1.29 is 28.2 Å². The summed E-state index contributed by atoms with van der Waals surface area (Å²) >= 11 is 6.24. The van der Waals surface area contributed by atoms with Crippen molar-refractivity contribution in [1.29, 1.82) is 0 Å². The maximum Gasteiger partial charge on any atom is 0.404 e. The van der Waals surface area contributed by atoms with Gasteiger partial charge in [-0.1, -0.05) is 23.7 Å². The molecule has 0 bridgehead atoms. The first kappa shape index (κ1) is 21.4. The van der Waals surface area contributed by atoms with Crippen molar-refractivity contribution in [3.63, 3.8) is 0 Å². The number of nitrogens with one attached hydrogen (secondary N) is 1. The molecule has 0 aliphatic carbocycles. The lowest BCUT2D eigenvalue weighted by molar-refractivity contribution is 0.103. The fourth-order valence-corrected chi connectivity index (χ4v) is 3.37. The average molecular weight is 435 g/mol. The van der Waals surface area contributed by atoms with Gasteiger partial charge >= 0.3 is 6.09 Å². The normalized spacial score (nSPS) is 10.8. The second-order valence-electron chi connectivity index (χ2n) is 6.32. The zero-order valence-corrected chi connectivity index (χ0v) is 16.6. The van der Waals surface area contributed by atoms with E-state index < -0.39 is 29.1 Å². The van der Waals surface area contributed by atoms with E-state index in [0.29, 0.717) is 12.0 Å². The third-order valence-corrected chi connectivity index (χ3v) is 4.66. The molecular weight excluding hydrogens is 418 g/mol. The van der Waals surface area contributed by atoms with Crippen LogP contribution < -0.4 is 10.1 Å².